The number of carbonyl (C=O) groups is 2. The quantitative estimate of drug-likeness (QED) is 0.615. The van der Waals surface area contributed by atoms with E-state index in [-0.39, 0.29) is 18.0 Å². The maximum atomic E-state index is 12.6. The van der Waals surface area contributed by atoms with Crippen LogP contribution in [0, 0.1) is 12.8 Å². The lowest BCUT2D eigenvalue weighted by molar-refractivity contribution is 0.0937. The molecule has 1 aliphatic rings. The highest BCUT2D eigenvalue weighted by Gasteiger charge is 2.27. The maximum Gasteiger partial charge on any atom is 0.322 e. The minimum absolute atomic E-state index is 0.117. The molecule has 1 aromatic carbocycles. The molecule has 2 rings (SSSR count). The topological polar surface area (TPSA) is 70.7 Å². The zero-order valence-electron chi connectivity index (χ0n) is 15.3. The zero-order valence-corrected chi connectivity index (χ0v) is 15.3. The van der Waals surface area contributed by atoms with E-state index in [4.69, 9.17) is 4.74 Å². The average Bonchev–Trinajstić information content (AvgIpc) is 3.07. The number of ether oxygens (including phenoxy) is 1. The summed E-state index contributed by atoms with van der Waals surface area (Å²) in [6.07, 6.45) is 4.09. The Balaban J connectivity index is 2.01. The Bertz CT molecular complexity index is 655. The van der Waals surface area contributed by atoms with Gasteiger partial charge in [-0.15, -0.1) is 0 Å². The number of nitrogens with one attached hydrogen (secondary N) is 2. The van der Waals surface area contributed by atoms with E-state index in [0.29, 0.717) is 36.9 Å². The van der Waals surface area contributed by atoms with Crippen LogP contribution in [-0.4, -0.2) is 49.7 Å². The molecule has 1 heterocycles. The Kier molecular flexibility index (Phi) is 6.58. The first kappa shape index (κ1) is 19.0. The van der Waals surface area contributed by atoms with E-state index < -0.39 is 0 Å². The molecule has 1 aromatic rings. The highest BCUT2D eigenvalue weighted by atomic mass is 16.5. The summed E-state index contributed by atoms with van der Waals surface area (Å²) in [6.45, 7) is 7.63. The monoisotopic (exact) mass is 345 g/mol. The molecule has 0 radical (unpaired) electrons. The van der Waals surface area contributed by atoms with Gasteiger partial charge in [0.2, 0.25) is 0 Å². The number of hydrogen-bond acceptors (Lipinski definition) is 3. The maximum absolute atomic E-state index is 12.6. The van der Waals surface area contributed by atoms with Gasteiger partial charge in [0.15, 0.2) is 0 Å². The summed E-state index contributed by atoms with van der Waals surface area (Å²) >= 11 is 0. The van der Waals surface area contributed by atoms with E-state index in [0.717, 1.165) is 5.56 Å². The van der Waals surface area contributed by atoms with Crippen LogP contribution in [0.3, 0.4) is 0 Å². The van der Waals surface area contributed by atoms with Gasteiger partial charge in [0.05, 0.1) is 12.6 Å². The van der Waals surface area contributed by atoms with Crippen LogP contribution in [0.15, 0.2) is 30.4 Å². The Morgan fingerprint density at radius 3 is 2.76 bits per heavy atom. The standard InChI is InChI=1S/C19H27N3O3/c1-13(2)17-6-5-10-22(17)19(24)21-16-8-7-15(12-14(16)3)18(23)20-9-11-25-4/h5-8,12-13,17H,9-11H2,1-4H3,(H,20,23)(H,21,24)/t17-/m1/s1. The molecule has 0 fully saturated rings. The van der Waals surface area contributed by atoms with Crippen molar-refractivity contribution in [1.82, 2.24) is 10.2 Å². The SMILES string of the molecule is COCCNC(=O)c1ccc(NC(=O)N2CC=C[C@@H]2C(C)C)c(C)c1. The molecule has 0 spiro atoms. The third-order valence-corrected chi connectivity index (χ3v) is 4.26. The molecule has 2 N–H and O–H groups in total. The van der Waals surface area contributed by atoms with Crippen LogP contribution in [0.4, 0.5) is 10.5 Å². The molecule has 136 valence electrons. The lowest BCUT2D eigenvalue weighted by atomic mass is 10.1. The van der Waals surface area contributed by atoms with E-state index in [1.54, 1.807) is 25.3 Å². The fourth-order valence-electron chi connectivity index (χ4n) is 2.84. The number of nitrogens with zero attached hydrogens (tertiary/aromatic N) is 1. The molecule has 1 atom stereocenters. The van der Waals surface area contributed by atoms with Crippen molar-refractivity contribution < 1.29 is 14.3 Å². The molecule has 0 unspecified atom stereocenters. The molecule has 0 aliphatic carbocycles. The predicted octanol–water partition coefficient (Wildman–Crippen LogP) is 2.80. The second-order valence-electron chi connectivity index (χ2n) is 6.52. The summed E-state index contributed by atoms with van der Waals surface area (Å²) in [5.41, 5.74) is 2.13. The minimum atomic E-state index is -0.151. The third-order valence-electron chi connectivity index (χ3n) is 4.26. The number of aryl methyl sites for hydroxylation is 1. The van der Waals surface area contributed by atoms with Crippen LogP contribution in [0.2, 0.25) is 0 Å². The van der Waals surface area contributed by atoms with Gasteiger partial charge in [0.1, 0.15) is 0 Å². The highest BCUT2D eigenvalue weighted by molar-refractivity contribution is 5.96. The van der Waals surface area contributed by atoms with Crippen LogP contribution < -0.4 is 10.6 Å². The van der Waals surface area contributed by atoms with Crippen molar-refractivity contribution in [3.05, 3.63) is 41.5 Å². The van der Waals surface area contributed by atoms with Crippen molar-refractivity contribution in [1.29, 1.82) is 0 Å². The highest BCUT2D eigenvalue weighted by Crippen LogP contribution is 2.21. The predicted molar refractivity (Wildman–Crippen MR) is 98.9 cm³/mol. The van der Waals surface area contributed by atoms with Gasteiger partial charge in [-0.3, -0.25) is 4.79 Å². The Labute approximate surface area is 149 Å². The Hall–Kier alpha value is -2.34. The van der Waals surface area contributed by atoms with E-state index in [2.05, 4.69) is 30.6 Å². The van der Waals surface area contributed by atoms with Gasteiger partial charge < -0.3 is 20.3 Å². The normalized spacial score (nSPS) is 16.4. The van der Waals surface area contributed by atoms with E-state index >= 15 is 0 Å². The van der Waals surface area contributed by atoms with Crippen LogP contribution in [-0.2, 0) is 4.74 Å². The Morgan fingerprint density at radius 1 is 1.36 bits per heavy atom. The third kappa shape index (κ3) is 4.82. The summed E-state index contributed by atoms with van der Waals surface area (Å²) in [4.78, 5) is 26.4. The smallest absolute Gasteiger partial charge is 0.322 e. The molecule has 6 heteroatoms. The lowest BCUT2D eigenvalue weighted by Crippen LogP contribution is -2.41. The van der Waals surface area contributed by atoms with Crippen LogP contribution >= 0.6 is 0 Å². The molecule has 3 amide bonds. The van der Waals surface area contributed by atoms with Gasteiger partial charge in [0.25, 0.3) is 5.91 Å². The first-order valence-electron chi connectivity index (χ1n) is 8.56. The number of methoxy groups -OCH3 is 1. The zero-order chi connectivity index (χ0) is 18.4. The second kappa shape index (κ2) is 8.67. The van der Waals surface area contributed by atoms with Crippen LogP contribution in [0.25, 0.3) is 0 Å². The second-order valence-corrected chi connectivity index (χ2v) is 6.52. The number of benzene rings is 1. The summed E-state index contributed by atoms with van der Waals surface area (Å²) in [5.74, 6) is 0.213. The summed E-state index contributed by atoms with van der Waals surface area (Å²) in [7, 11) is 1.59. The molecule has 25 heavy (non-hydrogen) atoms. The van der Waals surface area contributed by atoms with Crippen molar-refractivity contribution in [2.45, 2.75) is 26.8 Å². The number of hydrogen-bond donors (Lipinski definition) is 2. The van der Waals surface area contributed by atoms with Crippen LogP contribution in [0.1, 0.15) is 29.8 Å². The minimum Gasteiger partial charge on any atom is -0.383 e. The van der Waals surface area contributed by atoms with E-state index in [1.165, 1.54) is 0 Å². The first-order valence-corrected chi connectivity index (χ1v) is 8.56. The summed E-state index contributed by atoms with van der Waals surface area (Å²) < 4.78 is 4.92. The fraction of sp³-hybridized carbons (Fsp3) is 0.474. The van der Waals surface area contributed by atoms with Gasteiger partial charge in [0, 0.05) is 31.5 Å². The van der Waals surface area contributed by atoms with E-state index in [9.17, 15) is 9.59 Å². The van der Waals surface area contributed by atoms with Gasteiger partial charge >= 0.3 is 6.03 Å². The molecule has 6 nitrogen and oxygen atoms in total. The number of rotatable bonds is 6. The first-order chi connectivity index (χ1) is 11.9. The van der Waals surface area contributed by atoms with Crippen LogP contribution in [0.5, 0.6) is 0 Å². The van der Waals surface area contributed by atoms with Gasteiger partial charge in [-0.1, -0.05) is 26.0 Å². The van der Waals surface area contributed by atoms with Gasteiger partial charge in [-0.25, -0.2) is 4.79 Å². The molecule has 0 aromatic heterocycles. The van der Waals surface area contributed by atoms with E-state index in [1.807, 2.05) is 17.9 Å². The average molecular weight is 345 g/mol. The number of carbonyl (C=O) groups excluding carboxylic acids is 2. The van der Waals surface area contributed by atoms with Gasteiger partial charge in [-0.2, -0.15) is 0 Å². The Morgan fingerprint density at radius 2 is 2.12 bits per heavy atom. The summed E-state index contributed by atoms with van der Waals surface area (Å²) in [5, 5.41) is 5.73. The van der Waals surface area contributed by atoms with Crippen molar-refractivity contribution in [2.24, 2.45) is 5.92 Å². The molecule has 1 aliphatic heterocycles. The van der Waals surface area contributed by atoms with Crippen molar-refractivity contribution in [2.75, 3.05) is 32.1 Å². The lowest BCUT2D eigenvalue weighted by Gasteiger charge is -2.28. The van der Waals surface area contributed by atoms with Gasteiger partial charge in [-0.05, 0) is 36.6 Å². The molecule has 0 bridgehead atoms. The largest absolute Gasteiger partial charge is 0.383 e. The summed E-state index contributed by atoms with van der Waals surface area (Å²) in [6, 6.07) is 5.26. The van der Waals surface area contributed by atoms with Crippen molar-refractivity contribution in [3.8, 4) is 0 Å². The molecule has 0 saturated carbocycles. The van der Waals surface area contributed by atoms with Crippen molar-refractivity contribution >= 4 is 17.6 Å². The molecule has 0 saturated heterocycles. The number of anilines is 1. The molecular formula is C19H27N3O3. The van der Waals surface area contributed by atoms with Crippen molar-refractivity contribution in [3.63, 3.8) is 0 Å². The number of urea groups is 1. The fourth-order valence-corrected chi connectivity index (χ4v) is 2.84. The number of amides is 3. The molecular weight excluding hydrogens is 318 g/mol.